The molecule has 0 aromatic carbocycles. The lowest BCUT2D eigenvalue weighted by molar-refractivity contribution is 0.0203. The smallest absolute Gasteiger partial charge is 0.191 e. The minimum absolute atomic E-state index is 0.136. The van der Waals surface area contributed by atoms with Crippen molar-refractivity contribution in [3.05, 3.63) is 0 Å². The Kier molecular flexibility index (Phi) is 8.63. The fourth-order valence-corrected chi connectivity index (χ4v) is 4.71. The van der Waals surface area contributed by atoms with Gasteiger partial charge in [-0.15, -0.1) is 0 Å². The molecular formula is C18H35N3O4S. The highest BCUT2D eigenvalue weighted by Gasteiger charge is 2.45. The minimum Gasteiger partial charge on any atom is -0.381 e. The van der Waals surface area contributed by atoms with Crippen molar-refractivity contribution in [3.63, 3.8) is 0 Å². The third-order valence-electron chi connectivity index (χ3n) is 4.89. The maximum atomic E-state index is 11.5. The third-order valence-corrected chi connectivity index (χ3v) is 6.03. The number of rotatable bonds is 11. The van der Waals surface area contributed by atoms with E-state index in [-0.39, 0.29) is 11.2 Å². The maximum absolute atomic E-state index is 11.5. The first-order valence-corrected chi connectivity index (χ1v) is 11.8. The topological polar surface area (TPSA) is 89.0 Å². The molecule has 0 aromatic rings. The molecule has 2 fully saturated rings. The van der Waals surface area contributed by atoms with Crippen molar-refractivity contribution in [2.45, 2.75) is 39.0 Å². The monoisotopic (exact) mass is 389 g/mol. The van der Waals surface area contributed by atoms with Gasteiger partial charge in [-0.05, 0) is 44.9 Å². The maximum Gasteiger partial charge on any atom is 0.191 e. The summed E-state index contributed by atoms with van der Waals surface area (Å²) in [4.78, 5) is 4.60. The van der Waals surface area contributed by atoms with Crippen molar-refractivity contribution in [3.8, 4) is 0 Å². The van der Waals surface area contributed by atoms with Crippen LogP contribution in [0.15, 0.2) is 4.99 Å². The average Bonchev–Trinajstić information content (AvgIpc) is 3.34. The molecule has 0 amide bonds. The SMILES string of the molecule is CCNC(=NCC1(CS(C)(=O)=O)CC1)NCCCOCC1CCOCC1. The van der Waals surface area contributed by atoms with Gasteiger partial charge in [0, 0.05) is 57.7 Å². The molecule has 1 saturated heterocycles. The van der Waals surface area contributed by atoms with Gasteiger partial charge < -0.3 is 20.1 Å². The van der Waals surface area contributed by atoms with Crippen molar-refractivity contribution in [2.75, 3.05) is 58.1 Å². The Morgan fingerprint density at radius 3 is 2.62 bits per heavy atom. The Morgan fingerprint density at radius 1 is 1.27 bits per heavy atom. The zero-order chi connectivity index (χ0) is 18.9. The Hall–Kier alpha value is -0.860. The third kappa shape index (κ3) is 8.68. The van der Waals surface area contributed by atoms with E-state index in [0.29, 0.717) is 12.5 Å². The van der Waals surface area contributed by atoms with Gasteiger partial charge in [0.15, 0.2) is 5.96 Å². The van der Waals surface area contributed by atoms with E-state index in [9.17, 15) is 8.42 Å². The van der Waals surface area contributed by atoms with E-state index in [1.54, 1.807) is 0 Å². The molecule has 152 valence electrons. The summed E-state index contributed by atoms with van der Waals surface area (Å²) in [5, 5.41) is 6.53. The number of nitrogens with one attached hydrogen (secondary N) is 2. The predicted molar refractivity (Wildman–Crippen MR) is 104 cm³/mol. The van der Waals surface area contributed by atoms with E-state index < -0.39 is 9.84 Å². The first-order chi connectivity index (χ1) is 12.4. The number of ether oxygens (including phenoxy) is 2. The highest BCUT2D eigenvalue weighted by molar-refractivity contribution is 7.90. The fraction of sp³-hybridized carbons (Fsp3) is 0.944. The number of sulfone groups is 1. The van der Waals surface area contributed by atoms with Crippen molar-refractivity contribution < 1.29 is 17.9 Å². The summed E-state index contributed by atoms with van der Waals surface area (Å²) < 4.78 is 34.2. The van der Waals surface area contributed by atoms with Gasteiger partial charge in [0.05, 0.1) is 5.75 Å². The quantitative estimate of drug-likeness (QED) is 0.314. The summed E-state index contributed by atoms with van der Waals surface area (Å²) in [6, 6.07) is 0. The van der Waals surface area contributed by atoms with Gasteiger partial charge in [-0.2, -0.15) is 0 Å². The van der Waals surface area contributed by atoms with E-state index in [4.69, 9.17) is 9.47 Å². The predicted octanol–water partition coefficient (Wildman–Crippen LogP) is 1.20. The molecule has 7 nitrogen and oxygen atoms in total. The molecule has 0 unspecified atom stereocenters. The first-order valence-electron chi connectivity index (χ1n) is 9.78. The lowest BCUT2D eigenvalue weighted by atomic mass is 10.0. The molecule has 26 heavy (non-hydrogen) atoms. The number of aliphatic imine (C=N–C) groups is 1. The van der Waals surface area contributed by atoms with E-state index in [0.717, 1.165) is 77.6 Å². The normalized spacial score (nSPS) is 20.8. The molecule has 1 aliphatic heterocycles. The van der Waals surface area contributed by atoms with Crippen LogP contribution in [-0.2, 0) is 19.3 Å². The summed E-state index contributed by atoms with van der Waals surface area (Å²) >= 11 is 0. The molecule has 8 heteroatoms. The molecule has 0 radical (unpaired) electrons. The second-order valence-electron chi connectivity index (χ2n) is 7.68. The molecule has 1 aliphatic carbocycles. The van der Waals surface area contributed by atoms with Gasteiger partial charge in [0.25, 0.3) is 0 Å². The standard InChI is InChI=1S/C18H35N3O4S/c1-3-19-17(21-14-18(7-8-18)15-26(2,22)23)20-9-4-10-25-13-16-5-11-24-12-6-16/h16H,3-15H2,1-2H3,(H2,19,20,21). The van der Waals surface area contributed by atoms with Gasteiger partial charge in [-0.3, -0.25) is 4.99 Å². The Bertz CT molecular complexity index is 541. The molecule has 2 rings (SSSR count). The molecular weight excluding hydrogens is 354 g/mol. The highest BCUT2D eigenvalue weighted by Crippen LogP contribution is 2.46. The summed E-state index contributed by atoms with van der Waals surface area (Å²) in [5.41, 5.74) is -0.136. The second-order valence-corrected chi connectivity index (χ2v) is 9.82. The van der Waals surface area contributed by atoms with Crippen LogP contribution in [0, 0.1) is 11.3 Å². The Labute approximate surface area is 158 Å². The van der Waals surface area contributed by atoms with Crippen molar-refractivity contribution in [2.24, 2.45) is 16.3 Å². The van der Waals surface area contributed by atoms with Crippen LogP contribution in [-0.4, -0.2) is 72.4 Å². The summed E-state index contributed by atoms with van der Waals surface area (Å²) in [6.07, 6.45) is 6.32. The van der Waals surface area contributed by atoms with E-state index in [1.807, 2.05) is 6.92 Å². The number of nitrogens with zero attached hydrogens (tertiary/aromatic N) is 1. The highest BCUT2D eigenvalue weighted by atomic mass is 32.2. The summed E-state index contributed by atoms with van der Waals surface area (Å²) in [6.45, 7) is 7.45. The van der Waals surface area contributed by atoms with Crippen LogP contribution in [0.25, 0.3) is 0 Å². The van der Waals surface area contributed by atoms with Crippen LogP contribution in [0.2, 0.25) is 0 Å². The van der Waals surface area contributed by atoms with E-state index in [1.165, 1.54) is 6.26 Å². The van der Waals surface area contributed by atoms with Crippen LogP contribution >= 0.6 is 0 Å². The fourth-order valence-electron chi connectivity index (χ4n) is 3.21. The molecule has 2 N–H and O–H groups in total. The largest absolute Gasteiger partial charge is 0.381 e. The van der Waals surface area contributed by atoms with Crippen LogP contribution in [0.3, 0.4) is 0 Å². The van der Waals surface area contributed by atoms with Gasteiger partial charge >= 0.3 is 0 Å². The zero-order valence-corrected chi connectivity index (χ0v) is 17.1. The van der Waals surface area contributed by atoms with Crippen LogP contribution < -0.4 is 10.6 Å². The van der Waals surface area contributed by atoms with Gasteiger partial charge in [-0.25, -0.2) is 8.42 Å². The van der Waals surface area contributed by atoms with E-state index >= 15 is 0 Å². The minimum atomic E-state index is -2.95. The van der Waals surface area contributed by atoms with Crippen LogP contribution in [0.4, 0.5) is 0 Å². The first kappa shape index (κ1) is 21.4. The molecule has 0 aromatic heterocycles. The van der Waals surface area contributed by atoms with Gasteiger partial charge in [-0.1, -0.05) is 0 Å². The average molecular weight is 390 g/mol. The van der Waals surface area contributed by atoms with Crippen molar-refractivity contribution in [1.29, 1.82) is 0 Å². The lowest BCUT2D eigenvalue weighted by Gasteiger charge is -2.21. The van der Waals surface area contributed by atoms with Crippen molar-refractivity contribution >= 4 is 15.8 Å². The van der Waals surface area contributed by atoms with Gasteiger partial charge in [0.2, 0.25) is 0 Å². The van der Waals surface area contributed by atoms with Crippen LogP contribution in [0.1, 0.15) is 39.0 Å². The molecule has 1 saturated carbocycles. The second kappa shape index (κ2) is 10.5. The lowest BCUT2D eigenvalue weighted by Crippen LogP contribution is -2.38. The van der Waals surface area contributed by atoms with Gasteiger partial charge in [0.1, 0.15) is 9.84 Å². The number of hydrogen-bond donors (Lipinski definition) is 2. The molecule has 0 bridgehead atoms. The Balaban J connectivity index is 1.62. The molecule has 2 aliphatic rings. The number of guanidine groups is 1. The zero-order valence-electron chi connectivity index (χ0n) is 16.3. The van der Waals surface area contributed by atoms with E-state index in [2.05, 4.69) is 15.6 Å². The molecule has 1 heterocycles. The van der Waals surface area contributed by atoms with Crippen molar-refractivity contribution in [1.82, 2.24) is 10.6 Å². The summed E-state index contributed by atoms with van der Waals surface area (Å²) in [7, 11) is -2.95. The molecule has 0 atom stereocenters. The summed E-state index contributed by atoms with van der Waals surface area (Å²) in [5.74, 6) is 1.64. The number of hydrogen-bond acceptors (Lipinski definition) is 5. The Morgan fingerprint density at radius 2 is 2.00 bits per heavy atom. The van der Waals surface area contributed by atoms with Crippen LogP contribution in [0.5, 0.6) is 0 Å². The molecule has 0 spiro atoms.